The Morgan fingerprint density at radius 2 is 0.531 bits per heavy atom. The summed E-state index contributed by atoms with van der Waals surface area (Å²) in [5.41, 5.74) is 5.13. The molecule has 4 rings (SSSR count). The molecular weight excluding hydrogens is 612 g/mol. The molecule has 0 heterocycles. The van der Waals surface area contributed by atoms with Crippen molar-refractivity contribution < 1.29 is 0 Å². The van der Waals surface area contributed by atoms with Crippen molar-refractivity contribution in [2.45, 2.75) is 9.63 Å². The molecular formula is C26H18Cl4Se2. The van der Waals surface area contributed by atoms with E-state index in [1.807, 2.05) is 48.5 Å². The van der Waals surface area contributed by atoms with E-state index in [-0.39, 0.29) is 0 Å². The predicted octanol–water partition coefficient (Wildman–Crippen LogP) is 8.50. The molecule has 0 fully saturated rings. The van der Waals surface area contributed by atoms with Crippen molar-refractivity contribution in [3.8, 4) is 0 Å². The first-order valence-electron chi connectivity index (χ1n) is 9.83. The van der Waals surface area contributed by atoms with Crippen LogP contribution in [0.4, 0.5) is 0 Å². The van der Waals surface area contributed by atoms with E-state index in [2.05, 4.69) is 48.5 Å². The molecule has 0 nitrogen and oxygen atoms in total. The number of hydrogen-bond donors (Lipinski definition) is 0. The first-order chi connectivity index (χ1) is 15.5. The van der Waals surface area contributed by atoms with Gasteiger partial charge in [0.2, 0.25) is 0 Å². The van der Waals surface area contributed by atoms with Crippen LogP contribution in [0, 0.1) is 0 Å². The number of rotatable bonds is 7. The summed E-state index contributed by atoms with van der Waals surface area (Å²) < 4.78 is 0. The van der Waals surface area contributed by atoms with Gasteiger partial charge in [-0.3, -0.25) is 0 Å². The minimum atomic E-state index is 0.318. The van der Waals surface area contributed by atoms with Crippen molar-refractivity contribution >= 4 is 72.7 Å². The van der Waals surface area contributed by atoms with Crippen molar-refractivity contribution in [2.75, 3.05) is 0 Å². The van der Waals surface area contributed by atoms with Gasteiger partial charge in [-0.1, -0.05) is 0 Å². The molecule has 0 aliphatic carbocycles. The van der Waals surface area contributed by atoms with Gasteiger partial charge in [-0.2, -0.15) is 0 Å². The van der Waals surface area contributed by atoms with Crippen LogP contribution in [0.15, 0.2) is 97.1 Å². The summed E-state index contributed by atoms with van der Waals surface area (Å²) >= 11 is 25.3. The van der Waals surface area contributed by atoms with Crippen LogP contribution in [-0.2, 0) is 0 Å². The normalized spacial score (nSPS) is 11.3. The van der Waals surface area contributed by atoms with E-state index in [0.29, 0.717) is 35.9 Å². The van der Waals surface area contributed by atoms with Crippen molar-refractivity contribution in [1.29, 1.82) is 0 Å². The Hall–Kier alpha value is -0.921. The molecule has 0 spiro atoms. The molecule has 162 valence electrons. The number of halogens is 4. The van der Waals surface area contributed by atoms with Crippen LogP contribution in [0.1, 0.15) is 31.9 Å². The quantitative estimate of drug-likeness (QED) is 0.180. The van der Waals surface area contributed by atoms with E-state index >= 15 is 0 Å². The molecule has 0 radical (unpaired) electrons. The second-order valence-electron chi connectivity index (χ2n) is 7.16. The topological polar surface area (TPSA) is 0 Å². The summed E-state index contributed by atoms with van der Waals surface area (Å²) in [4.78, 5) is 0.637. The molecule has 4 aromatic rings. The van der Waals surface area contributed by atoms with Gasteiger partial charge >= 0.3 is 222 Å². The van der Waals surface area contributed by atoms with Gasteiger partial charge in [0.25, 0.3) is 0 Å². The third-order valence-electron chi connectivity index (χ3n) is 4.94. The zero-order valence-electron chi connectivity index (χ0n) is 16.7. The Balaban J connectivity index is 1.67. The third kappa shape index (κ3) is 6.35. The zero-order chi connectivity index (χ0) is 22.5. The Morgan fingerprint density at radius 3 is 0.719 bits per heavy atom. The van der Waals surface area contributed by atoms with Crippen LogP contribution < -0.4 is 0 Å². The first kappa shape index (κ1) is 24.2. The van der Waals surface area contributed by atoms with E-state index in [0.717, 1.165) is 20.1 Å². The molecule has 0 aliphatic rings. The van der Waals surface area contributed by atoms with Crippen molar-refractivity contribution in [3.63, 3.8) is 0 Å². The molecule has 6 heteroatoms. The van der Waals surface area contributed by atoms with Gasteiger partial charge in [0.05, 0.1) is 0 Å². The molecule has 0 atom stereocenters. The second kappa shape index (κ2) is 11.5. The summed E-state index contributed by atoms with van der Waals surface area (Å²) in [5, 5.41) is 3.01. The summed E-state index contributed by atoms with van der Waals surface area (Å²) in [7, 11) is 0. The standard InChI is InChI=1S/C26H18Cl4Se2/c27-21-9-1-17(2-10-21)25(18-3-11-22(28)12-4-18)31-32-26(19-5-13-23(29)14-6-19)20-7-15-24(30)16-8-20/h1-16,25-26H. The van der Waals surface area contributed by atoms with Gasteiger partial charge in [0.15, 0.2) is 0 Å². The molecule has 4 aromatic carbocycles. The molecule has 0 bridgehead atoms. The van der Waals surface area contributed by atoms with Gasteiger partial charge in [-0.15, -0.1) is 0 Å². The van der Waals surface area contributed by atoms with Crippen LogP contribution in [0.3, 0.4) is 0 Å². The third-order valence-corrected chi connectivity index (χ3v) is 14.7. The fourth-order valence-electron chi connectivity index (χ4n) is 3.27. The Kier molecular flexibility index (Phi) is 8.68. The van der Waals surface area contributed by atoms with E-state index < -0.39 is 0 Å². The Bertz CT molecular complexity index is 957. The molecule has 0 unspecified atom stereocenters. The molecule has 0 N–H and O–H groups in total. The van der Waals surface area contributed by atoms with Gasteiger partial charge in [0, 0.05) is 0 Å². The van der Waals surface area contributed by atoms with E-state index in [9.17, 15) is 0 Å². The van der Waals surface area contributed by atoms with Crippen molar-refractivity contribution in [3.05, 3.63) is 139 Å². The maximum atomic E-state index is 6.17. The van der Waals surface area contributed by atoms with E-state index in [4.69, 9.17) is 46.4 Å². The zero-order valence-corrected chi connectivity index (χ0v) is 23.2. The fraction of sp³-hybridized carbons (Fsp3) is 0.0769. The van der Waals surface area contributed by atoms with E-state index in [1.54, 1.807) is 0 Å². The summed E-state index contributed by atoms with van der Waals surface area (Å²) in [6.07, 6.45) is 0. The maximum absolute atomic E-state index is 6.17. The molecule has 32 heavy (non-hydrogen) atoms. The van der Waals surface area contributed by atoms with Gasteiger partial charge in [-0.25, -0.2) is 0 Å². The van der Waals surface area contributed by atoms with Gasteiger partial charge < -0.3 is 0 Å². The monoisotopic (exact) mass is 630 g/mol. The Labute approximate surface area is 220 Å². The van der Waals surface area contributed by atoms with Crippen LogP contribution in [0.25, 0.3) is 0 Å². The molecule has 0 aliphatic heterocycles. The SMILES string of the molecule is Clc1ccc(C([Se][Se]C(c2ccc(Cl)cc2)c2ccc(Cl)cc2)c2ccc(Cl)cc2)cc1. The number of benzene rings is 4. The predicted molar refractivity (Wildman–Crippen MR) is 141 cm³/mol. The number of hydrogen-bond acceptors (Lipinski definition) is 0. The van der Waals surface area contributed by atoms with Crippen LogP contribution in [0.2, 0.25) is 20.1 Å². The van der Waals surface area contributed by atoms with Crippen LogP contribution in [0.5, 0.6) is 0 Å². The average Bonchev–Trinajstić information content (AvgIpc) is 2.80. The summed E-state index contributed by atoms with van der Waals surface area (Å²) in [5.74, 6) is 0. The van der Waals surface area contributed by atoms with Crippen molar-refractivity contribution in [1.82, 2.24) is 0 Å². The summed E-state index contributed by atoms with van der Waals surface area (Å²) in [6.45, 7) is 0. The van der Waals surface area contributed by atoms with E-state index in [1.165, 1.54) is 22.3 Å². The molecule has 0 saturated carbocycles. The second-order valence-corrected chi connectivity index (χ2v) is 15.9. The Morgan fingerprint density at radius 1 is 0.344 bits per heavy atom. The fourth-order valence-corrected chi connectivity index (χ4v) is 13.8. The average molecular weight is 630 g/mol. The van der Waals surface area contributed by atoms with Crippen LogP contribution in [-0.4, -0.2) is 26.3 Å². The summed E-state index contributed by atoms with van der Waals surface area (Å²) in [6, 6.07) is 32.9. The molecule has 0 saturated heterocycles. The molecule has 0 amide bonds. The van der Waals surface area contributed by atoms with Crippen molar-refractivity contribution in [2.24, 2.45) is 0 Å². The first-order valence-corrected chi connectivity index (χ1v) is 17.7. The van der Waals surface area contributed by atoms with Crippen LogP contribution >= 0.6 is 46.4 Å². The van der Waals surface area contributed by atoms with Gasteiger partial charge in [0.1, 0.15) is 0 Å². The minimum absolute atomic E-state index is 0.318. The van der Waals surface area contributed by atoms with Gasteiger partial charge in [-0.05, 0) is 0 Å². The molecule has 0 aromatic heterocycles.